The highest BCUT2D eigenvalue weighted by Gasteiger charge is 2.31. The Bertz CT molecular complexity index is 480. The lowest BCUT2D eigenvalue weighted by Crippen LogP contribution is -2.43. The molecule has 7 heteroatoms. The van der Waals surface area contributed by atoms with Crippen LogP contribution in [0.25, 0.3) is 0 Å². The molecule has 21 heavy (non-hydrogen) atoms. The third-order valence-electron chi connectivity index (χ3n) is 3.40. The Morgan fingerprint density at radius 3 is 2.33 bits per heavy atom. The van der Waals surface area contributed by atoms with Crippen LogP contribution < -0.4 is 10.5 Å². The first-order valence-electron chi connectivity index (χ1n) is 6.71. The number of halogens is 3. The van der Waals surface area contributed by atoms with E-state index in [1.54, 1.807) is 4.90 Å². The predicted molar refractivity (Wildman–Crippen MR) is 70.6 cm³/mol. The number of rotatable bonds is 3. The van der Waals surface area contributed by atoms with Crippen molar-refractivity contribution in [1.29, 1.82) is 0 Å². The van der Waals surface area contributed by atoms with Crippen molar-refractivity contribution in [1.82, 2.24) is 4.90 Å². The van der Waals surface area contributed by atoms with E-state index >= 15 is 0 Å². The second-order valence-electron chi connectivity index (χ2n) is 5.09. The van der Waals surface area contributed by atoms with Gasteiger partial charge in [-0.25, -0.2) is 0 Å². The zero-order chi connectivity index (χ0) is 15.5. The average molecular weight is 302 g/mol. The van der Waals surface area contributed by atoms with Gasteiger partial charge in [0.25, 0.3) is 0 Å². The number of piperidine rings is 1. The number of carbonyl (C=O) groups is 1. The SMILES string of the molecule is NC1CCN(C(=O)Cc2ccc(OC(F)(F)F)cc2)CC1. The van der Waals surface area contributed by atoms with E-state index in [1.807, 2.05) is 0 Å². The second kappa shape index (κ2) is 6.34. The summed E-state index contributed by atoms with van der Waals surface area (Å²) >= 11 is 0. The molecule has 2 N–H and O–H groups in total. The van der Waals surface area contributed by atoms with Crippen molar-refractivity contribution in [3.05, 3.63) is 29.8 Å². The van der Waals surface area contributed by atoms with Crippen LogP contribution in [0.2, 0.25) is 0 Å². The van der Waals surface area contributed by atoms with Gasteiger partial charge in [-0.1, -0.05) is 12.1 Å². The van der Waals surface area contributed by atoms with Crippen LogP contribution in [-0.4, -0.2) is 36.3 Å². The van der Waals surface area contributed by atoms with Crippen LogP contribution in [0.1, 0.15) is 18.4 Å². The topological polar surface area (TPSA) is 55.6 Å². The van der Waals surface area contributed by atoms with Crippen LogP contribution in [0, 0.1) is 0 Å². The fraction of sp³-hybridized carbons (Fsp3) is 0.500. The van der Waals surface area contributed by atoms with E-state index in [0.29, 0.717) is 18.7 Å². The first-order chi connectivity index (χ1) is 9.83. The number of ether oxygens (including phenoxy) is 1. The molecule has 0 saturated carbocycles. The van der Waals surface area contributed by atoms with Crippen LogP contribution in [-0.2, 0) is 11.2 Å². The maximum atomic E-state index is 12.1. The molecule has 0 spiro atoms. The molecule has 116 valence electrons. The number of nitrogens with zero attached hydrogens (tertiary/aromatic N) is 1. The third-order valence-corrected chi connectivity index (χ3v) is 3.40. The van der Waals surface area contributed by atoms with E-state index in [1.165, 1.54) is 24.3 Å². The first-order valence-corrected chi connectivity index (χ1v) is 6.71. The number of nitrogens with two attached hydrogens (primary N) is 1. The summed E-state index contributed by atoms with van der Waals surface area (Å²) < 4.78 is 39.9. The number of benzene rings is 1. The van der Waals surface area contributed by atoms with Crippen LogP contribution in [0.4, 0.5) is 13.2 Å². The number of alkyl halides is 3. The molecule has 1 aliphatic heterocycles. The maximum Gasteiger partial charge on any atom is 0.573 e. The smallest absolute Gasteiger partial charge is 0.406 e. The van der Waals surface area contributed by atoms with E-state index < -0.39 is 6.36 Å². The summed E-state index contributed by atoms with van der Waals surface area (Å²) in [5.74, 6) is -0.325. The number of hydrogen-bond donors (Lipinski definition) is 1. The first kappa shape index (κ1) is 15.6. The van der Waals surface area contributed by atoms with Crippen LogP contribution in [0.15, 0.2) is 24.3 Å². The van der Waals surface area contributed by atoms with Gasteiger partial charge in [-0.15, -0.1) is 13.2 Å². The number of carbonyl (C=O) groups excluding carboxylic acids is 1. The highest BCUT2D eigenvalue weighted by Crippen LogP contribution is 2.23. The predicted octanol–water partition coefficient (Wildman–Crippen LogP) is 2.08. The quantitative estimate of drug-likeness (QED) is 0.930. The minimum Gasteiger partial charge on any atom is -0.406 e. The highest BCUT2D eigenvalue weighted by molar-refractivity contribution is 5.78. The molecule has 1 aromatic rings. The molecule has 4 nitrogen and oxygen atoms in total. The van der Waals surface area contributed by atoms with Crippen molar-refractivity contribution in [3.8, 4) is 5.75 Å². The van der Waals surface area contributed by atoms with Crippen molar-refractivity contribution in [2.45, 2.75) is 31.7 Å². The molecule has 2 rings (SSSR count). The fourth-order valence-electron chi connectivity index (χ4n) is 2.24. The zero-order valence-electron chi connectivity index (χ0n) is 11.4. The fourth-order valence-corrected chi connectivity index (χ4v) is 2.24. The second-order valence-corrected chi connectivity index (χ2v) is 5.09. The molecule has 0 unspecified atom stereocenters. The van der Waals surface area contributed by atoms with E-state index in [-0.39, 0.29) is 24.1 Å². The van der Waals surface area contributed by atoms with Gasteiger partial charge < -0.3 is 15.4 Å². The van der Waals surface area contributed by atoms with E-state index in [9.17, 15) is 18.0 Å². The molecule has 0 aromatic heterocycles. The number of hydrogen-bond acceptors (Lipinski definition) is 3. The van der Waals surface area contributed by atoms with E-state index in [4.69, 9.17) is 5.73 Å². The third kappa shape index (κ3) is 4.93. The normalized spacial score (nSPS) is 16.9. The van der Waals surface area contributed by atoms with Gasteiger partial charge >= 0.3 is 6.36 Å². The van der Waals surface area contributed by atoms with Gasteiger partial charge in [0.1, 0.15) is 5.75 Å². The van der Waals surface area contributed by atoms with Gasteiger partial charge in [-0.05, 0) is 30.5 Å². The zero-order valence-corrected chi connectivity index (χ0v) is 11.4. The molecular formula is C14H17F3N2O2. The summed E-state index contributed by atoms with van der Waals surface area (Å²) in [6, 6.07) is 5.50. The van der Waals surface area contributed by atoms with Crippen molar-refractivity contribution in [2.24, 2.45) is 5.73 Å². The van der Waals surface area contributed by atoms with Gasteiger partial charge in [0.05, 0.1) is 6.42 Å². The largest absolute Gasteiger partial charge is 0.573 e. The van der Waals surface area contributed by atoms with Gasteiger partial charge in [-0.2, -0.15) is 0 Å². The van der Waals surface area contributed by atoms with Crippen LogP contribution >= 0.6 is 0 Å². The van der Waals surface area contributed by atoms with Crippen LogP contribution in [0.5, 0.6) is 5.75 Å². The molecule has 0 atom stereocenters. The van der Waals surface area contributed by atoms with Gasteiger partial charge in [0, 0.05) is 19.1 Å². The van der Waals surface area contributed by atoms with Crippen molar-refractivity contribution < 1.29 is 22.7 Å². The van der Waals surface area contributed by atoms with Gasteiger partial charge in [0.15, 0.2) is 0 Å². The Morgan fingerprint density at radius 2 is 1.81 bits per heavy atom. The Kier molecular flexibility index (Phi) is 4.72. The molecule has 1 aromatic carbocycles. The molecule has 1 amide bonds. The average Bonchev–Trinajstić information content (AvgIpc) is 2.40. The summed E-state index contributed by atoms with van der Waals surface area (Å²) in [5.41, 5.74) is 6.43. The summed E-state index contributed by atoms with van der Waals surface area (Å²) in [7, 11) is 0. The Balaban J connectivity index is 1.89. The molecule has 1 aliphatic rings. The minimum atomic E-state index is -4.70. The lowest BCUT2D eigenvalue weighted by molar-refractivity contribution is -0.274. The molecule has 0 radical (unpaired) electrons. The van der Waals surface area contributed by atoms with Gasteiger partial charge in [0.2, 0.25) is 5.91 Å². The Labute approximate surface area is 120 Å². The molecule has 0 bridgehead atoms. The minimum absolute atomic E-state index is 0.0358. The molecule has 1 saturated heterocycles. The molecular weight excluding hydrogens is 285 g/mol. The maximum absolute atomic E-state index is 12.1. The highest BCUT2D eigenvalue weighted by atomic mass is 19.4. The molecule has 0 aliphatic carbocycles. The summed E-state index contributed by atoms with van der Waals surface area (Å²) in [6.07, 6.45) is -2.97. The lowest BCUT2D eigenvalue weighted by atomic mass is 10.0. The number of amides is 1. The lowest BCUT2D eigenvalue weighted by Gasteiger charge is -2.30. The standard InChI is InChI=1S/C14H17F3N2O2/c15-14(16,17)21-12-3-1-10(2-4-12)9-13(20)19-7-5-11(18)6-8-19/h1-4,11H,5-9,18H2. The van der Waals surface area contributed by atoms with E-state index in [2.05, 4.69) is 4.74 Å². The molecule has 1 heterocycles. The van der Waals surface area contributed by atoms with Crippen molar-refractivity contribution in [3.63, 3.8) is 0 Å². The van der Waals surface area contributed by atoms with Gasteiger partial charge in [-0.3, -0.25) is 4.79 Å². The molecule has 1 fully saturated rings. The Hall–Kier alpha value is -1.76. The van der Waals surface area contributed by atoms with Crippen LogP contribution in [0.3, 0.4) is 0 Å². The van der Waals surface area contributed by atoms with E-state index in [0.717, 1.165) is 12.8 Å². The summed E-state index contributed by atoms with van der Waals surface area (Å²) in [6.45, 7) is 1.27. The monoisotopic (exact) mass is 302 g/mol. The Morgan fingerprint density at radius 1 is 1.24 bits per heavy atom. The summed E-state index contributed by atoms with van der Waals surface area (Å²) in [5, 5.41) is 0. The number of likely N-dealkylation sites (tertiary alicyclic amines) is 1. The summed E-state index contributed by atoms with van der Waals surface area (Å²) in [4.78, 5) is 13.8. The van der Waals surface area contributed by atoms with Crippen molar-refractivity contribution >= 4 is 5.91 Å². The van der Waals surface area contributed by atoms with Crippen molar-refractivity contribution in [2.75, 3.05) is 13.1 Å².